The van der Waals surface area contributed by atoms with Crippen LogP contribution in [0, 0.1) is 0 Å². The highest BCUT2D eigenvalue weighted by molar-refractivity contribution is 5.53. The first-order valence-electron chi connectivity index (χ1n) is 4.33. The maximum Gasteiger partial charge on any atom is 0.200 e. The van der Waals surface area contributed by atoms with Crippen molar-refractivity contribution in [2.24, 2.45) is 5.73 Å². The number of nitrogens with two attached hydrogens (primary N) is 1. The van der Waals surface area contributed by atoms with Gasteiger partial charge in [-0.15, -0.1) is 0 Å². The van der Waals surface area contributed by atoms with Crippen LogP contribution in [0.3, 0.4) is 0 Å². The largest absolute Gasteiger partial charge is 0.504 e. The summed E-state index contributed by atoms with van der Waals surface area (Å²) in [5, 5.41) is 27.8. The standard InChI is InChI=1S/C10H15NO3/c1-10(2,11)5-6-3-4-7(12)9(14)8(6)13/h3-4,12-14H,5,11H2,1-2H3. The Bertz CT molecular complexity index is 342. The van der Waals surface area contributed by atoms with Crippen LogP contribution in [0.2, 0.25) is 0 Å². The maximum atomic E-state index is 9.48. The number of hydrogen-bond acceptors (Lipinski definition) is 4. The van der Waals surface area contributed by atoms with E-state index >= 15 is 0 Å². The van der Waals surface area contributed by atoms with E-state index in [0.29, 0.717) is 12.0 Å². The Hall–Kier alpha value is -1.42. The highest BCUT2D eigenvalue weighted by atomic mass is 16.3. The Morgan fingerprint density at radius 2 is 1.71 bits per heavy atom. The van der Waals surface area contributed by atoms with Crippen molar-refractivity contribution in [3.05, 3.63) is 17.7 Å². The molecule has 0 heterocycles. The summed E-state index contributed by atoms with van der Waals surface area (Å²) >= 11 is 0. The fraction of sp³-hybridized carbons (Fsp3) is 0.400. The molecule has 0 aliphatic carbocycles. The van der Waals surface area contributed by atoms with E-state index in [2.05, 4.69) is 0 Å². The predicted octanol–water partition coefficient (Wildman–Crippen LogP) is 1.08. The average Bonchev–Trinajstić information content (AvgIpc) is 2.04. The molecule has 0 aliphatic heterocycles. The second-order valence-electron chi connectivity index (χ2n) is 4.11. The minimum Gasteiger partial charge on any atom is -0.504 e. The van der Waals surface area contributed by atoms with E-state index in [1.807, 2.05) is 13.8 Å². The molecule has 78 valence electrons. The summed E-state index contributed by atoms with van der Waals surface area (Å²) in [4.78, 5) is 0. The third-order valence-corrected chi connectivity index (χ3v) is 1.86. The van der Waals surface area contributed by atoms with Gasteiger partial charge >= 0.3 is 0 Å². The lowest BCUT2D eigenvalue weighted by molar-refractivity contribution is 0.362. The number of rotatable bonds is 2. The van der Waals surface area contributed by atoms with E-state index in [0.717, 1.165) is 0 Å². The smallest absolute Gasteiger partial charge is 0.200 e. The molecule has 14 heavy (non-hydrogen) atoms. The molecule has 1 aromatic carbocycles. The van der Waals surface area contributed by atoms with Crippen molar-refractivity contribution in [2.45, 2.75) is 25.8 Å². The molecule has 0 saturated heterocycles. The van der Waals surface area contributed by atoms with Crippen LogP contribution in [-0.2, 0) is 6.42 Å². The van der Waals surface area contributed by atoms with Crippen LogP contribution in [0.1, 0.15) is 19.4 Å². The summed E-state index contributed by atoms with van der Waals surface area (Å²) in [6.45, 7) is 3.63. The van der Waals surface area contributed by atoms with Gasteiger partial charge < -0.3 is 21.1 Å². The topological polar surface area (TPSA) is 86.7 Å². The molecular weight excluding hydrogens is 182 g/mol. The first-order valence-corrected chi connectivity index (χ1v) is 4.33. The monoisotopic (exact) mass is 197 g/mol. The van der Waals surface area contributed by atoms with Gasteiger partial charge in [0.1, 0.15) is 0 Å². The van der Waals surface area contributed by atoms with Crippen molar-refractivity contribution in [1.82, 2.24) is 0 Å². The van der Waals surface area contributed by atoms with Crippen molar-refractivity contribution < 1.29 is 15.3 Å². The summed E-state index contributed by atoms with van der Waals surface area (Å²) in [5.74, 6) is -1.13. The third-order valence-electron chi connectivity index (χ3n) is 1.86. The van der Waals surface area contributed by atoms with Crippen LogP contribution in [0.15, 0.2) is 12.1 Å². The highest BCUT2D eigenvalue weighted by Crippen LogP contribution is 2.37. The van der Waals surface area contributed by atoms with Crippen LogP contribution in [0.4, 0.5) is 0 Å². The molecule has 0 radical (unpaired) electrons. The summed E-state index contributed by atoms with van der Waals surface area (Å²) in [6, 6.07) is 2.87. The van der Waals surface area contributed by atoms with E-state index in [1.165, 1.54) is 6.07 Å². The molecule has 0 amide bonds. The number of benzene rings is 1. The molecule has 1 aromatic rings. The fourth-order valence-electron chi connectivity index (χ4n) is 1.24. The predicted molar refractivity (Wildman–Crippen MR) is 53.4 cm³/mol. The van der Waals surface area contributed by atoms with Gasteiger partial charge in [0.05, 0.1) is 0 Å². The summed E-state index contributed by atoms with van der Waals surface area (Å²) in [6.07, 6.45) is 0.423. The zero-order valence-electron chi connectivity index (χ0n) is 8.28. The fourth-order valence-corrected chi connectivity index (χ4v) is 1.24. The maximum absolute atomic E-state index is 9.48. The van der Waals surface area contributed by atoms with E-state index in [-0.39, 0.29) is 11.5 Å². The van der Waals surface area contributed by atoms with Gasteiger partial charge in [0.15, 0.2) is 11.5 Å². The minimum atomic E-state index is -0.494. The molecule has 0 fully saturated rings. The average molecular weight is 197 g/mol. The quantitative estimate of drug-likeness (QED) is 0.534. The van der Waals surface area contributed by atoms with Crippen molar-refractivity contribution >= 4 is 0 Å². The summed E-state index contributed by atoms with van der Waals surface area (Å²) in [7, 11) is 0. The van der Waals surface area contributed by atoms with Gasteiger partial charge in [0.25, 0.3) is 0 Å². The molecule has 0 aromatic heterocycles. The molecule has 4 nitrogen and oxygen atoms in total. The van der Waals surface area contributed by atoms with Crippen LogP contribution in [0.25, 0.3) is 0 Å². The Labute approximate surface area is 82.6 Å². The molecule has 0 bridgehead atoms. The molecule has 1 rings (SSSR count). The molecule has 5 N–H and O–H groups in total. The number of aromatic hydroxyl groups is 3. The second-order valence-corrected chi connectivity index (χ2v) is 4.11. The first-order chi connectivity index (χ1) is 6.31. The van der Waals surface area contributed by atoms with Gasteiger partial charge in [-0.1, -0.05) is 6.07 Å². The van der Waals surface area contributed by atoms with E-state index in [4.69, 9.17) is 10.8 Å². The lowest BCUT2D eigenvalue weighted by Gasteiger charge is -2.19. The zero-order valence-corrected chi connectivity index (χ0v) is 8.28. The Morgan fingerprint density at radius 1 is 1.14 bits per heavy atom. The van der Waals surface area contributed by atoms with Crippen LogP contribution in [0.5, 0.6) is 17.2 Å². The number of phenols is 3. The van der Waals surface area contributed by atoms with Gasteiger partial charge in [-0.25, -0.2) is 0 Å². The summed E-state index contributed by atoms with van der Waals surface area (Å²) in [5.41, 5.74) is 5.82. The molecule has 0 unspecified atom stereocenters. The van der Waals surface area contributed by atoms with Gasteiger partial charge in [-0.05, 0) is 31.9 Å². The Morgan fingerprint density at radius 3 is 2.21 bits per heavy atom. The van der Waals surface area contributed by atoms with Crippen molar-refractivity contribution in [3.8, 4) is 17.2 Å². The molecule has 4 heteroatoms. The minimum absolute atomic E-state index is 0.302. The second kappa shape index (κ2) is 3.38. The molecule has 0 spiro atoms. The van der Waals surface area contributed by atoms with E-state index < -0.39 is 11.3 Å². The van der Waals surface area contributed by atoms with Gasteiger partial charge in [-0.2, -0.15) is 0 Å². The van der Waals surface area contributed by atoms with Crippen LogP contribution >= 0.6 is 0 Å². The molecule has 0 saturated carbocycles. The van der Waals surface area contributed by atoms with Crippen molar-refractivity contribution in [2.75, 3.05) is 0 Å². The SMILES string of the molecule is CC(C)(N)Cc1ccc(O)c(O)c1O. The Kier molecular flexibility index (Phi) is 2.57. The zero-order chi connectivity index (χ0) is 10.9. The van der Waals surface area contributed by atoms with Gasteiger partial charge in [0.2, 0.25) is 5.75 Å². The van der Waals surface area contributed by atoms with Crippen molar-refractivity contribution in [3.63, 3.8) is 0 Å². The van der Waals surface area contributed by atoms with Gasteiger partial charge in [-0.3, -0.25) is 0 Å². The van der Waals surface area contributed by atoms with Crippen LogP contribution in [-0.4, -0.2) is 20.9 Å². The molecule has 0 atom stereocenters. The van der Waals surface area contributed by atoms with E-state index in [9.17, 15) is 10.2 Å². The summed E-state index contributed by atoms with van der Waals surface area (Å²) < 4.78 is 0. The third kappa shape index (κ3) is 2.29. The lowest BCUT2D eigenvalue weighted by Crippen LogP contribution is -2.34. The first kappa shape index (κ1) is 10.7. The van der Waals surface area contributed by atoms with E-state index in [1.54, 1.807) is 6.07 Å². The highest BCUT2D eigenvalue weighted by Gasteiger charge is 2.17. The molecular formula is C10H15NO3. The lowest BCUT2D eigenvalue weighted by atomic mass is 9.95. The van der Waals surface area contributed by atoms with Crippen LogP contribution < -0.4 is 5.73 Å². The van der Waals surface area contributed by atoms with Gasteiger partial charge in [0, 0.05) is 5.54 Å². The normalized spacial score (nSPS) is 11.6. The Balaban J connectivity index is 3.06. The number of hydrogen-bond donors (Lipinski definition) is 4. The van der Waals surface area contributed by atoms with Crippen molar-refractivity contribution in [1.29, 1.82) is 0 Å². The number of phenolic OH excluding ortho intramolecular Hbond substituents is 3. The molecule has 0 aliphatic rings.